The molecule has 0 amide bonds. The quantitative estimate of drug-likeness (QED) is 0.547. The van der Waals surface area contributed by atoms with Crippen LogP contribution >= 0.6 is 0 Å². The van der Waals surface area contributed by atoms with E-state index in [0.717, 1.165) is 0 Å². The molecule has 0 saturated heterocycles. The normalized spacial score (nSPS) is 9.18. The molecule has 8 heteroatoms. The van der Waals surface area contributed by atoms with Crippen molar-refractivity contribution in [3.63, 3.8) is 0 Å². The molecule has 0 unspecified atom stereocenters. The Kier molecular flexibility index (Phi) is 5.40. The van der Waals surface area contributed by atoms with Gasteiger partial charge in [0.2, 0.25) is 0 Å². The molecule has 0 fully saturated rings. The van der Waals surface area contributed by atoms with Crippen LogP contribution in [-0.4, -0.2) is 76.1 Å². The molecule has 0 aromatic heterocycles. The summed E-state index contributed by atoms with van der Waals surface area (Å²) in [6.07, 6.45) is 0. The van der Waals surface area contributed by atoms with E-state index in [1.165, 1.54) is 0 Å². The van der Waals surface area contributed by atoms with Gasteiger partial charge in [0.1, 0.15) is 5.75 Å². The van der Waals surface area contributed by atoms with Crippen molar-refractivity contribution >= 4 is 55.6 Å². The summed E-state index contributed by atoms with van der Waals surface area (Å²) in [5, 5.41) is 35.2. The summed E-state index contributed by atoms with van der Waals surface area (Å²) < 4.78 is 0. The van der Waals surface area contributed by atoms with E-state index in [9.17, 15) is 14.4 Å². The molecule has 0 atom stereocenters. The Morgan fingerprint density at radius 2 is 1.18 bits per heavy atom. The van der Waals surface area contributed by atoms with E-state index in [0.29, 0.717) is 12.1 Å². The van der Waals surface area contributed by atoms with Crippen molar-refractivity contribution < 1.29 is 34.8 Å². The van der Waals surface area contributed by atoms with Crippen molar-refractivity contribution in [1.82, 2.24) is 0 Å². The maximum atomic E-state index is 10.8. The summed E-state index contributed by atoms with van der Waals surface area (Å²) in [7, 11) is 0. The summed E-state index contributed by atoms with van der Waals surface area (Å²) in [5.41, 5.74) is -2.41. The Bertz CT molecular complexity index is 459. The monoisotopic (exact) mass is 268 g/mol. The molecule has 0 spiro atoms. The van der Waals surface area contributed by atoms with Gasteiger partial charge in [0, 0.05) is 0 Å². The van der Waals surface area contributed by atoms with Crippen LogP contribution in [0.5, 0.6) is 5.75 Å². The van der Waals surface area contributed by atoms with Gasteiger partial charge in [0.05, 0.1) is 16.7 Å². The van der Waals surface area contributed by atoms with Crippen molar-refractivity contribution in [1.29, 1.82) is 0 Å². The van der Waals surface area contributed by atoms with Gasteiger partial charge in [0.15, 0.2) is 0 Å². The molecule has 0 aliphatic carbocycles. The second-order valence-electron chi connectivity index (χ2n) is 2.83. The van der Waals surface area contributed by atoms with Crippen molar-refractivity contribution in [2.75, 3.05) is 0 Å². The number of phenols is 1. The van der Waals surface area contributed by atoms with Gasteiger partial charge >= 0.3 is 55.6 Å². The van der Waals surface area contributed by atoms with Crippen LogP contribution in [0.4, 0.5) is 0 Å². The predicted molar refractivity (Wildman–Crippen MR) is 57.5 cm³/mol. The number of benzene rings is 1. The molecule has 88 valence electrons. The van der Waals surface area contributed by atoms with E-state index >= 15 is 0 Å². The van der Waals surface area contributed by atoms with Gasteiger partial charge in [-0.25, -0.2) is 14.4 Å². The van der Waals surface area contributed by atoms with E-state index in [4.69, 9.17) is 20.4 Å². The molecule has 0 aliphatic rings. The zero-order valence-electron chi connectivity index (χ0n) is 7.67. The van der Waals surface area contributed by atoms with Crippen molar-refractivity contribution in [3.05, 3.63) is 28.8 Å². The van der Waals surface area contributed by atoms with Gasteiger partial charge in [-0.1, -0.05) is 0 Å². The van der Waals surface area contributed by atoms with Gasteiger partial charge in [0.25, 0.3) is 0 Å². The van der Waals surface area contributed by atoms with Gasteiger partial charge in [-0.3, -0.25) is 0 Å². The molecule has 0 radical (unpaired) electrons. The minimum atomic E-state index is -1.69. The molecule has 4 N–H and O–H groups in total. The summed E-state index contributed by atoms with van der Waals surface area (Å²) in [6, 6.07) is 1.36. The Hall–Kier alpha value is -1.31. The third-order valence-electron chi connectivity index (χ3n) is 1.80. The van der Waals surface area contributed by atoms with Gasteiger partial charge < -0.3 is 20.4 Å². The standard InChI is InChI=1S/C9H6O7.Ca.2H/c10-3-1-4(7(11)12)6(9(15)16)5(2-3)8(13)14;;;/h1-2,10H,(H,11,12)(H,13,14)(H,15,16);;;. The molecule has 7 nitrogen and oxygen atoms in total. The Labute approximate surface area is 124 Å². The topological polar surface area (TPSA) is 132 Å². The molecule has 0 saturated carbocycles. The van der Waals surface area contributed by atoms with Crippen LogP contribution in [0.1, 0.15) is 31.1 Å². The number of aromatic carboxylic acids is 3. The summed E-state index contributed by atoms with van der Waals surface area (Å²) in [4.78, 5) is 32.1. The zero-order valence-corrected chi connectivity index (χ0v) is 7.67. The minimum absolute atomic E-state index is 0. The number of rotatable bonds is 3. The molecular formula is C9H8CaO7. The number of carboxylic acid groups (broad SMARTS) is 3. The second kappa shape index (κ2) is 5.85. The molecule has 17 heavy (non-hydrogen) atoms. The first-order valence-corrected chi connectivity index (χ1v) is 3.91. The fourth-order valence-corrected chi connectivity index (χ4v) is 1.19. The average Bonchev–Trinajstić information content (AvgIpc) is 2.15. The van der Waals surface area contributed by atoms with Crippen LogP contribution < -0.4 is 0 Å². The van der Waals surface area contributed by atoms with Crippen LogP contribution in [-0.2, 0) is 0 Å². The fraction of sp³-hybridized carbons (Fsp3) is 0. The van der Waals surface area contributed by atoms with Crippen LogP contribution in [0, 0.1) is 0 Å². The summed E-state index contributed by atoms with van der Waals surface area (Å²) in [6.45, 7) is 0. The second-order valence-corrected chi connectivity index (χ2v) is 2.83. The predicted octanol–water partition coefficient (Wildman–Crippen LogP) is -0.429. The number of aromatic hydroxyl groups is 1. The number of carbonyl (C=O) groups is 3. The number of phenolic OH excluding ortho intramolecular Hbond substituents is 1. The molecule has 1 rings (SSSR count). The van der Waals surface area contributed by atoms with Crippen LogP contribution in [0.2, 0.25) is 0 Å². The van der Waals surface area contributed by atoms with E-state index < -0.39 is 40.3 Å². The van der Waals surface area contributed by atoms with E-state index in [-0.39, 0.29) is 37.7 Å². The number of hydrogen-bond acceptors (Lipinski definition) is 4. The Morgan fingerprint density at radius 3 is 1.41 bits per heavy atom. The van der Waals surface area contributed by atoms with E-state index in [1.54, 1.807) is 0 Å². The Balaban J connectivity index is 0.00000256. The van der Waals surface area contributed by atoms with E-state index in [2.05, 4.69) is 0 Å². The summed E-state index contributed by atoms with van der Waals surface area (Å²) in [5.74, 6) is -5.57. The first-order valence-electron chi connectivity index (χ1n) is 3.91. The van der Waals surface area contributed by atoms with Gasteiger partial charge in [-0.05, 0) is 12.1 Å². The third-order valence-corrected chi connectivity index (χ3v) is 1.80. The molecule has 1 aromatic rings. The van der Waals surface area contributed by atoms with Crippen LogP contribution in [0.15, 0.2) is 12.1 Å². The molecule has 0 bridgehead atoms. The summed E-state index contributed by atoms with van der Waals surface area (Å²) >= 11 is 0. The number of hydrogen-bond donors (Lipinski definition) is 4. The van der Waals surface area contributed by atoms with Crippen LogP contribution in [0.25, 0.3) is 0 Å². The van der Waals surface area contributed by atoms with Crippen molar-refractivity contribution in [2.24, 2.45) is 0 Å². The molecule has 0 aliphatic heterocycles. The van der Waals surface area contributed by atoms with E-state index in [1.807, 2.05) is 0 Å². The molecule has 0 heterocycles. The average molecular weight is 268 g/mol. The van der Waals surface area contributed by atoms with Crippen molar-refractivity contribution in [2.45, 2.75) is 0 Å². The Morgan fingerprint density at radius 1 is 0.824 bits per heavy atom. The zero-order chi connectivity index (χ0) is 12.5. The third kappa shape index (κ3) is 3.32. The first-order chi connectivity index (χ1) is 7.34. The van der Waals surface area contributed by atoms with Crippen LogP contribution in [0.3, 0.4) is 0 Å². The number of carboxylic acids is 3. The first kappa shape index (κ1) is 15.7. The molecular weight excluding hydrogens is 260 g/mol. The molecule has 1 aromatic carbocycles. The fourth-order valence-electron chi connectivity index (χ4n) is 1.19. The van der Waals surface area contributed by atoms with Gasteiger partial charge in [-0.2, -0.15) is 0 Å². The SMILES string of the molecule is O=C(O)c1cc(O)cc(C(=O)O)c1C(=O)O.[CaH2]. The maximum absolute atomic E-state index is 10.8. The van der Waals surface area contributed by atoms with Gasteiger partial charge in [-0.15, -0.1) is 0 Å². The van der Waals surface area contributed by atoms with Crippen molar-refractivity contribution in [3.8, 4) is 5.75 Å².